The van der Waals surface area contributed by atoms with E-state index in [1.807, 2.05) is 74.2 Å². The summed E-state index contributed by atoms with van der Waals surface area (Å²) in [5.74, 6) is 0. The van der Waals surface area contributed by atoms with E-state index >= 15 is 0 Å². The third kappa shape index (κ3) is 5.26. The minimum atomic E-state index is -0.584. The van der Waals surface area contributed by atoms with Crippen molar-refractivity contribution < 1.29 is 14.3 Å². The van der Waals surface area contributed by atoms with Gasteiger partial charge in [-0.25, -0.2) is 4.79 Å². The van der Waals surface area contributed by atoms with Crippen LogP contribution >= 0.6 is 0 Å². The molecule has 204 valence electrons. The first kappa shape index (κ1) is 26.3. The van der Waals surface area contributed by atoms with Gasteiger partial charge in [0.15, 0.2) is 0 Å². The molecule has 3 aromatic heterocycles. The Morgan fingerprint density at radius 2 is 2.08 bits per heavy atom. The topological polar surface area (TPSA) is 113 Å². The molecule has 1 saturated heterocycles. The Labute approximate surface area is 237 Å². The van der Waals surface area contributed by atoms with Crippen LogP contribution in [-0.4, -0.2) is 62.6 Å². The molecule has 40 heavy (non-hydrogen) atoms. The number of hydrogen-bond donors (Lipinski definition) is 0. The first-order valence-corrected chi connectivity index (χ1v) is 14.9. The molecule has 0 amide bonds. The van der Waals surface area contributed by atoms with Gasteiger partial charge in [0.1, 0.15) is 5.60 Å². The van der Waals surface area contributed by atoms with Gasteiger partial charge in [0.05, 0.1) is 0 Å². The van der Waals surface area contributed by atoms with Crippen molar-refractivity contribution in [2.24, 2.45) is 0 Å². The number of hydrogen-bond acceptors (Lipinski definition) is 7. The number of carbonyl (C=O) groups excluding carboxylic acids is 1. The fraction of sp³-hybridized carbons (Fsp3) is 0.345. The average Bonchev–Trinajstić information content (AvgIpc) is 3.66. The predicted octanol–water partition coefficient (Wildman–Crippen LogP) is 4.59. The Morgan fingerprint density at radius 3 is 2.85 bits per heavy atom. The number of fused-ring (bicyclic) bond motifs is 2. The number of aromatic nitrogens is 6. The summed E-state index contributed by atoms with van der Waals surface area (Å²) in [6.45, 7) is 6.75. The molecule has 4 heterocycles. The Bertz CT molecular complexity index is 1750. The molecule has 1 fully saturated rings. The molecule has 0 bridgehead atoms. The monoisotopic (exact) mass is 603 g/mol. The van der Waals surface area contributed by atoms with Gasteiger partial charge in [-0.05, 0) is 20.8 Å². The van der Waals surface area contributed by atoms with Crippen molar-refractivity contribution in [2.45, 2.75) is 58.4 Å². The van der Waals surface area contributed by atoms with Crippen LogP contribution in [0.4, 0.5) is 4.79 Å². The maximum atomic E-state index is 12.7. The van der Waals surface area contributed by atoms with Gasteiger partial charge in [-0.2, -0.15) is 0 Å². The predicted molar refractivity (Wildman–Crippen MR) is 151 cm³/mol. The van der Waals surface area contributed by atoms with Crippen LogP contribution in [-0.2, 0) is 16.0 Å². The molecule has 6 rings (SSSR count). The van der Waals surface area contributed by atoms with Gasteiger partial charge >= 0.3 is 202 Å². The van der Waals surface area contributed by atoms with Crippen LogP contribution in [0.5, 0.6) is 0 Å². The fourth-order valence-corrected chi connectivity index (χ4v) is 5.97. The number of nitriles is 1. The summed E-state index contributed by atoms with van der Waals surface area (Å²) in [6, 6.07) is 12.0. The zero-order valence-corrected chi connectivity index (χ0v) is 24.3. The first-order valence-electron chi connectivity index (χ1n) is 13.2. The Balaban J connectivity index is 1.31. The molecule has 0 radical (unpaired) electrons. The fourth-order valence-electron chi connectivity index (χ4n) is 5.02. The van der Waals surface area contributed by atoms with Crippen molar-refractivity contribution in [1.29, 1.82) is 5.26 Å². The Hall–Kier alpha value is -3.97. The molecule has 5 aromatic rings. The van der Waals surface area contributed by atoms with Crippen LogP contribution < -0.4 is 4.46 Å². The molecule has 1 atom stereocenters. The molecule has 0 N–H and O–H groups in total. The quantitative estimate of drug-likeness (QED) is 0.271. The number of nitrogens with zero attached hydrogens (tertiary/aromatic N) is 7. The molecule has 0 spiro atoms. The van der Waals surface area contributed by atoms with Gasteiger partial charge in [0, 0.05) is 0 Å². The molecular weight excluding hydrogens is 573 g/mol. The van der Waals surface area contributed by atoms with Crippen LogP contribution in [0.2, 0.25) is 0 Å². The van der Waals surface area contributed by atoms with E-state index in [9.17, 15) is 10.1 Å². The molecule has 0 aliphatic carbocycles. The summed E-state index contributed by atoms with van der Waals surface area (Å²) in [6.07, 6.45) is 8.05. The van der Waals surface area contributed by atoms with E-state index < -0.39 is 11.7 Å². The maximum absolute atomic E-state index is 12.7. The second-order valence-corrected chi connectivity index (χ2v) is 12.7. The zero-order valence-electron chi connectivity index (χ0n) is 22.6. The average molecular weight is 603 g/mol. The second kappa shape index (κ2) is 10.5. The minimum absolute atomic E-state index is 0.103. The summed E-state index contributed by atoms with van der Waals surface area (Å²) in [5, 5.41) is 24.9. The van der Waals surface area contributed by atoms with Crippen molar-refractivity contribution in [3.63, 3.8) is 0 Å². The van der Waals surface area contributed by atoms with E-state index in [1.54, 1.807) is 10.9 Å². The first-order chi connectivity index (χ1) is 19.3. The SMILES string of the molecule is CC(C)(C)OC(=O)n1ccc2ccc(Cn3cc(-c4cc([Se]C#N)cc5c4cnn5C4CCCCO4)nn3)cc21. The standard InChI is InChI=1S/C29H29N7O3Se/c1-29(2,3)39-28(37)35-10-9-20-8-7-19(12-25(20)35)16-34-17-24(32-33-34)22-13-21(40-18-30)14-26-23(22)15-31-36(26)27-6-4-5-11-38-27/h7-10,12-15,17,27H,4-6,11,16H2,1-3H3. The molecule has 1 aliphatic heterocycles. The van der Waals surface area contributed by atoms with Crippen LogP contribution in [0, 0.1) is 10.2 Å². The summed E-state index contributed by atoms with van der Waals surface area (Å²) in [7, 11) is 0. The van der Waals surface area contributed by atoms with E-state index in [4.69, 9.17) is 9.47 Å². The van der Waals surface area contributed by atoms with Gasteiger partial charge in [-0.15, -0.1) is 0 Å². The summed E-state index contributed by atoms with van der Waals surface area (Å²) in [4.78, 5) is 15.0. The molecule has 11 heteroatoms. The molecule has 10 nitrogen and oxygen atoms in total. The second-order valence-electron chi connectivity index (χ2n) is 10.9. The van der Waals surface area contributed by atoms with Gasteiger partial charge in [0.25, 0.3) is 0 Å². The summed E-state index contributed by atoms with van der Waals surface area (Å²) < 4.78 is 17.8. The summed E-state index contributed by atoms with van der Waals surface area (Å²) in [5.41, 5.74) is 3.72. The van der Waals surface area contributed by atoms with Gasteiger partial charge in [-0.1, -0.05) is 0 Å². The normalized spacial score (nSPS) is 15.9. The van der Waals surface area contributed by atoms with Gasteiger partial charge < -0.3 is 4.74 Å². The molecule has 1 aliphatic rings. The van der Waals surface area contributed by atoms with E-state index in [1.165, 1.54) is 4.57 Å². The number of rotatable bonds is 5. The van der Waals surface area contributed by atoms with E-state index in [-0.39, 0.29) is 21.2 Å². The summed E-state index contributed by atoms with van der Waals surface area (Å²) >= 11 is -0.333. The van der Waals surface area contributed by atoms with E-state index in [2.05, 4.69) is 20.4 Å². The third-order valence-electron chi connectivity index (χ3n) is 6.79. The van der Waals surface area contributed by atoms with Crippen molar-refractivity contribution in [3.05, 3.63) is 60.6 Å². The third-order valence-corrected chi connectivity index (χ3v) is 7.97. The molecule has 2 aromatic carbocycles. The van der Waals surface area contributed by atoms with Crippen LogP contribution in [0.15, 0.2) is 55.0 Å². The molecule has 1 unspecified atom stereocenters. The van der Waals surface area contributed by atoms with Crippen LogP contribution in [0.25, 0.3) is 33.1 Å². The van der Waals surface area contributed by atoms with Crippen molar-refractivity contribution >= 4 is 47.3 Å². The Kier molecular flexibility index (Phi) is 6.92. The number of ether oxygens (including phenoxy) is 2. The van der Waals surface area contributed by atoms with Crippen molar-refractivity contribution in [3.8, 4) is 16.2 Å². The van der Waals surface area contributed by atoms with E-state index in [0.29, 0.717) is 12.2 Å². The number of benzene rings is 2. The molecular formula is C29H29N7O3Se. The van der Waals surface area contributed by atoms with Crippen molar-refractivity contribution in [2.75, 3.05) is 6.61 Å². The van der Waals surface area contributed by atoms with Crippen LogP contribution in [0.1, 0.15) is 51.8 Å². The molecule has 0 saturated carbocycles. The van der Waals surface area contributed by atoms with Crippen molar-refractivity contribution in [1.82, 2.24) is 29.3 Å². The Morgan fingerprint density at radius 1 is 1.20 bits per heavy atom. The van der Waals surface area contributed by atoms with Gasteiger partial charge in [-0.3, -0.25) is 0 Å². The van der Waals surface area contributed by atoms with Crippen LogP contribution in [0.3, 0.4) is 0 Å². The van der Waals surface area contributed by atoms with E-state index in [0.717, 1.165) is 63.3 Å². The zero-order chi connectivity index (χ0) is 27.9. The number of carbonyl (C=O) groups is 1. The van der Waals surface area contributed by atoms with Gasteiger partial charge in [0.2, 0.25) is 0 Å².